The van der Waals surface area contributed by atoms with E-state index < -0.39 is 10.0 Å². The summed E-state index contributed by atoms with van der Waals surface area (Å²) in [6.45, 7) is 3.28. The summed E-state index contributed by atoms with van der Waals surface area (Å²) in [5.74, 6) is -0.102. The number of hydrogen-bond donors (Lipinski definition) is 1. The van der Waals surface area contributed by atoms with Gasteiger partial charge in [-0.05, 0) is 43.5 Å². The van der Waals surface area contributed by atoms with E-state index in [2.05, 4.69) is 5.32 Å². The normalized spacial score (nSPS) is 15.8. The van der Waals surface area contributed by atoms with Crippen molar-refractivity contribution in [2.24, 2.45) is 0 Å². The van der Waals surface area contributed by atoms with Gasteiger partial charge in [-0.2, -0.15) is 4.31 Å². The number of fused-ring (bicyclic) bond motifs is 1. The van der Waals surface area contributed by atoms with Crippen molar-refractivity contribution in [2.45, 2.75) is 44.0 Å². The molecule has 0 radical (unpaired) electrons. The number of furan rings is 1. The molecule has 1 aromatic heterocycles. The molecule has 1 aliphatic heterocycles. The molecule has 0 aliphatic carbocycles. The molecule has 3 aromatic rings. The average molecular weight is 427 g/mol. The van der Waals surface area contributed by atoms with Crippen molar-refractivity contribution in [1.82, 2.24) is 9.62 Å². The van der Waals surface area contributed by atoms with Gasteiger partial charge in [-0.3, -0.25) is 4.79 Å². The van der Waals surface area contributed by atoms with Crippen LogP contribution in [0.3, 0.4) is 0 Å². The zero-order valence-electron chi connectivity index (χ0n) is 17.1. The highest BCUT2D eigenvalue weighted by atomic mass is 32.2. The lowest BCUT2D eigenvalue weighted by Gasteiger charge is -2.19. The molecule has 30 heavy (non-hydrogen) atoms. The number of benzene rings is 2. The van der Waals surface area contributed by atoms with Gasteiger partial charge in [-0.1, -0.05) is 43.2 Å². The number of carbonyl (C=O) groups is 1. The van der Waals surface area contributed by atoms with Crippen molar-refractivity contribution in [3.05, 3.63) is 65.4 Å². The van der Waals surface area contributed by atoms with E-state index in [4.69, 9.17) is 4.42 Å². The lowest BCUT2D eigenvalue weighted by atomic mass is 10.1. The Balaban J connectivity index is 1.59. The summed E-state index contributed by atoms with van der Waals surface area (Å²) in [4.78, 5) is 12.9. The van der Waals surface area contributed by atoms with Crippen molar-refractivity contribution in [1.29, 1.82) is 0 Å². The third-order valence-electron chi connectivity index (χ3n) is 5.61. The molecule has 1 aliphatic rings. The van der Waals surface area contributed by atoms with Gasteiger partial charge >= 0.3 is 0 Å². The molecule has 0 atom stereocenters. The lowest BCUT2D eigenvalue weighted by Crippen LogP contribution is -2.31. The van der Waals surface area contributed by atoms with E-state index in [1.165, 1.54) is 0 Å². The Morgan fingerprint density at radius 1 is 1.03 bits per heavy atom. The van der Waals surface area contributed by atoms with Gasteiger partial charge in [0.05, 0.1) is 4.90 Å². The smallest absolute Gasteiger partial charge is 0.287 e. The molecule has 0 bridgehead atoms. The highest BCUT2D eigenvalue weighted by Gasteiger charge is 2.26. The van der Waals surface area contributed by atoms with Crippen LogP contribution in [0.1, 0.15) is 47.4 Å². The van der Waals surface area contributed by atoms with Crippen molar-refractivity contribution in [3.63, 3.8) is 0 Å². The maximum atomic E-state index is 13.1. The second-order valence-corrected chi connectivity index (χ2v) is 9.64. The van der Waals surface area contributed by atoms with Gasteiger partial charge in [0.2, 0.25) is 10.0 Å². The fourth-order valence-electron chi connectivity index (χ4n) is 3.87. The quantitative estimate of drug-likeness (QED) is 0.662. The van der Waals surface area contributed by atoms with E-state index in [9.17, 15) is 13.2 Å². The Bertz CT molecular complexity index is 1140. The molecule has 1 saturated heterocycles. The molecule has 4 rings (SSSR count). The van der Waals surface area contributed by atoms with Crippen LogP contribution in [0.2, 0.25) is 0 Å². The fourth-order valence-corrected chi connectivity index (χ4v) is 5.41. The second kappa shape index (κ2) is 8.62. The summed E-state index contributed by atoms with van der Waals surface area (Å²) < 4.78 is 33.6. The highest BCUT2D eigenvalue weighted by Crippen LogP contribution is 2.29. The van der Waals surface area contributed by atoms with Gasteiger partial charge in [0.1, 0.15) is 5.58 Å². The van der Waals surface area contributed by atoms with Crippen LogP contribution >= 0.6 is 0 Å². The Morgan fingerprint density at radius 2 is 1.73 bits per heavy atom. The molecule has 0 spiro atoms. The van der Waals surface area contributed by atoms with Gasteiger partial charge in [0.15, 0.2) is 5.76 Å². The first-order valence-electron chi connectivity index (χ1n) is 10.3. The van der Waals surface area contributed by atoms with Gasteiger partial charge in [-0.15, -0.1) is 0 Å². The van der Waals surface area contributed by atoms with Gasteiger partial charge in [0.25, 0.3) is 5.91 Å². The summed E-state index contributed by atoms with van der Waals surface area (Å²) in [6.07, 6.45) is 3.90. The minimum Gasteiger partial charge on any atom is -0.451 e. The molecule has 2 aromatic carbocycles. The van der Waals surface area contributed by atoms with E-state index >= 15 is 0 Å². The third-order valence-corrected chi connectivity index (χ3v) is 7.51. The number of rotatable bonds is 5. The maximum Gasteiger partial charge on any atom is 0.287 e. The third kappa shape index (κ3) is 4.13. The lowest BCUT2D eigenvalue weighted by molar-refractivity contribution is 0.0924. The number of aryl methyl sites for hydroxylation is 1. The number of sulfonamides is 1. The molecular weight excluding hydrogens is 400 g/mol. The van der Waals surface area contributed by atoms with Crippen LogP contribution in [0.15, 0.2) is 57.8 Å². The van der Waals surface area contributed by atoms with E-state index in [1.807, 2.05) is 30.3 Å². The Labute approximate surface area is 176 Å². The van der Waals surface area contributed by atoms with Crippen LogP contribution in [0.25, 0.3) is 11.0 Å². The molecule has 7 heteroatoms. The summed E-state index contributed by atoms with van der Waals surface area (Å²) in [5.41, 5.74) is 2.14. The fraction of sp³-hybridized carbons (Fsp3) is 0.348. The van der Waals surface area contributed by atoms with Crippen molar-refractivity contribution in [3.8, 4) is 0 Å². The monoisotopic (exact) mass is 426 g/mol. The van der Waals surface area contributed by atoms with Crippen LogP contribution in [0.5, 0.6) is 0 Å². The van der Waals surface area contributed by atoms with Crippen molar-refractivity contribution >= 4 is 26.9 Å². The first-order valence-corrected chi connectivity index (χ1v) is 11.8. The summed E-state index contributed by atoms with van der Waals surface area (Å²) in [6, 6.07) is 14.5. The van der Waals surface area contributed by atoms with Crippen LogP contribution in [-0.4, -0.2) is 31.7 Å². The van der Waals surface area contributed by atoms with Crippen LogP contribution in [-0.2, 0) is 16.6 Å². The molecule has 1 amide bonds. The molecule has 1 N–H and O–H groups in total. The second-order valence-electron chi connectivity index (χ2n) is 7.70. The SMILES string of the molecule is Cc1c(C(=O)NCc2ccccc2)oc2ccc(S(=O)(=O)N3CCCCCC3)cc12. The maximum absolute atomic E-state index is 13.1. The molecule has 6 nitrogen and oxygen atoms in total. The van der Waals surface area contributed by atoms with E-state index in [0.717, 1.165) is 31.2 Å². The first kappa shape index (κ1) is 20.6. The summed E-state index contributed by atoms with van der Waals surface area (Å²) in [7, 11) is -3.56. The number of nitrogens with one attached hydrogen (secondary N) is 1. The topological polar surface area (TPSA) is 79.6 Å². The van der Waals surface area contributed by atoms with Gasteiger partial charge in [0, 0.05) is 30.6 Å². The van der Waals surface area contributed by atoms with Crippen LogP contribution in [0.4, 0.5) is 0 Å². The summed E-state index contributed by atoms with van der Waals surface area (Å²) >= 11 is 0. The van der Waals surface area contributed by atoms with Crippen molar-refractivity contribution in [2.75, 3.05) is 13.1 Å². The summed E-state index contributed by atoms with van der Waals surface area (Å²) in [5, 5.41) is 3.51. The molecular formula is C23H26N2O4S. The molecule has 1 fully saturated rings. The minimum absolute atomic E-state index is 0.213. The Hall–Kier alpha value is -2.64. The van der Waals surface area contributed by atoms with E-state index in [1.54, 1.807) is 29.4 Å². The predicted octanol–water partition coefficient (Wildman–Crippen LogP) is 4.24. The predicted molar refractivity (Wildman–Crippen MR) is 116 cm³/mol. The van der Waals surface area contributed by atoms with Gasteiger partial charge in [-0.25, -0.2) is 8.42 Å². The number of carbonyl (C=O) groups excluding carboxylic acids is 1. The number of amides is 1. The molecule has 2 heterocycles. The molecule has 0 unspecified atom stereocenters. The standard InChI is InChI=1S/C23H26N2O4S/c1-17-20-15-19(30(27,28)25-13-7-2-3-8-14-25)11-12-21(20)29-22(17)23(26)24-16-18-9-5-4-6-10-18/h4-6,9-12,15H,2-3,7-8,13-14,16H2,1H3,(H,24,26). The zero-order valence-corrected chi connectivity index (χ0v) is 17.9. The molecule has 158 valence electrons. The van der Waals surface area contributed by atoms with Crippen molar-refractivity contribution < 1.29 is 17.6 Å². The van der Waals surface area contributed by atoms with E-state index in [-0.39, 0.29) is 16.6 Å². The first-order chi connectivity index (χ1) is 14.5. The highest BCUT2D eigenvalue weighted by molar-refractivity contribution is 7.89. The van der Waals surface area contributed by atoms with Crippen LogP contribution in [0, 0.1) is 6.92 Å². The zero-order chi connectivity index (χ0) is 21.1. The van der Waals surface area contributed by atoms with Gasteiger partial charge < -0.3 is 9.73 Å². The Morgan fingerprint density at radius 3 is 2.43 bits per heavy atom. The number of nitrogens with zero attached hydrogens (tertiary/aromatic N) is 1. The van der Waals surface area contributed by atoms with E-state index in [0.29, 0.717) is 36.2 Å². The average Bonchev–Trinajstić information content (AvgIpc) is 2.93. The largest absolute Gasteiger partial charge is 0.451 e. The number of hydrogen-bond acceptors (Lipinski definition) is 4. The van der Waals surface area contributed by atoms with Crippen LogP contribution < -0.4 is 5.32 Å². The minimum atomic E-state index is -3.56. The molecule has 0 saturated carbocycles. The Kier molecular flexibility index (Phi) is 5.92.